The van der Waals surface area contributed by atoms with Gasteiger partial charge in [-0.2, -0.15) is 17.4 Å². The highest BCUT2D eigenvalue weighted by Gasteiger charge is 2.26. The number of urea groups is 1. The molecule has 1 aromatic rings. The Bertz CT molecular complexity index is 611. The van der Waals surface area contributed by atoms with Gasteiger partial charge in [0.1, 0.15) is 0 Å². The first kappa shape index (κ1) is 17.7. The Kier molecular flexibility index (Phi) is 5.97. The summed E-state index contributed by atoms with van der Waals surface area (Å²) >= 11 is 0. The smallest absolute Gasteiger partial charge is 0.317 e. The Morgan fingerprint density at radius 2 is 1.83 bits per heavy atom. The fraction of sp³-hybridized carbons (Fsp3) is 0.533. The monoisotopic (exact) mass is 340 g/mol. The second-order valence-corrected chi connectivity index (χ2v) is 7.73. The van der Waals surface area contributed by atoms with Crippen LogP contribution in [0.2, 0.25) is 0 Å². The summed E-state index contributed by atoms with van der Waals surface area (Å²) in [5, 5.41) is 2.89. The Hall–Kier alpha value is -1.64. The highest BCUT2D eigenvalue weighted by Crippen LogP contribution is 2.12. The molecular formula is C15H24N4O3S. The van der Waals surface area contributed by atoms with E-state index in [-0.39, 0.29) is 12.1 Å². The summed E-state index contributed by atoms with van der Waals surface area (Å²) < 4.78 is 27.4. The zero-order valence-corrected chi connectivity index (χ0v) is 14.3. The lowest BCUT2D eigenvalue weighted by Crippen LogP contribution is -2.50. The summed E-state index contributed by atoms with van der Waals surface area (Å²) in [6.45, 7) is 1.58. The zero-order chi connectivity index (χ0) is 16.9. The van der Waals surface area contributed by atoms with Gasteiger partial charge in [-0.25, -0.2) is 4.79 Å². The Morgan fingerprint density at radius 1 is 1.22 bits per heavy atom. The Labute approximate surface area is 137 Å². The molecule has 1 heterocycles. The molecule has 128 valence electrons. The SMILES string of the molecule is CN(C)S(=O)(=O)NC1CCN(C(=O)NCc2ccccc2)CC1. The van der Waals surface area contributed by atoms with Crippen molar-refractivity contribution in [1.82, 2.24) is 19.2 Å². The first-order chi connectivity index (χ1) is 10.9. The van der Waals surface area contributed by atoms with Gasteiger partial charge >= 0.3 is 6.03 Å². The summed E-state index contributed by atoms with van der Waals surface area (Å²) in [5.41, 5.74) is 1.05. The average Bonchev–Trinajstić information content (AvgIpc) is 2.54. The highest BCUT2D eigenvalue weighted by molar-refractivity contribution is 7.87. The van der Waals surface area contributed by atoms with E-state index in [1.807, 2.05) is 30.3 Å². The molecule has 1 fully saturated rings. The molecule has 0 saturated carbocycles. The van der Waals surface area contributed by atoms with Gasteiger partial charge in [-0.15, -0.1) is 0 Å². The quantitative estimate of drug-likeness (QED) is 0.830. The molecule has 0 atom stereocenters. The maximum Gasteiger partial charge on any atom is 0.317 e. The van der Waals surface area contributed by atoms with Crippen molar-refractivity contribution in [3.63, 3.8) is 0 Å². The topological polar surface area (TPSA) is 81.8 Å². The van der Waals surface area contributed by atoms with Crippen molar-refractivity contribution in [1.29, 1.82) is 0 Å². The van der Waals surface area contributed by atoms with Gasteiger partial charge in [-0.1, -0.05) is 30.3 Å². The lowest BCUT2D eigenvalue weighted by Gasteiger charge is -2.32. The minimum Gasteiger partial charge on any atom is -0.334 e. The molecule has 8 heteroatoms. The molecule has 0 spiro atoms. The maximum absolute atomic E-state index is 12.1. The molecule has 1 aromatic carbocycles. The maximum atomic E-state index is 12.1. The van der Waals surface area contributed by atoms with Crippen molar-refractivity contribution in [3.05, 3.63) is 35.9 Å². The van der Waals surface area contributed by atoms with Crippen LogP contribution in [0.5, 0.6) is 0 Å². The molecule has 1 saturated heterocycles. The number of likely N-dealkylation sites (tertiary alicyclic amines) is 1. The van der Waals surface area contributed by atoms with Crippen LogP contribution in [-0.2, 0) is 16.8 Å². The molecule has 0 aromatic heterocycles. The molecule has 0 bridgehead atoms. The van der Waals surface area contributed by atoms with Crippen LogP contribution in [0.4, 0.5) is 4.79 Å². The number of nitrogens with one attached hydrogen (secondary N) is 2. The van der Waals surface area contributed by atoms with E-state index in [2.05, 4.69) is 10.0 Å². The number of carbonyl (C=O) groups is 1. The van der Waals surface area contributed by atoms with Gasteiger partial charge in [0.15, 0.2) is 0 Å². The number of carbonyl (C=O) groups excluding carboxylic acids is 1. The van der Waals surface area contributed by atoms with Crippen LogP contribution in [0.1, 0.15) is 18.4 Å². The number of amides is 2. The molecule has 23 heavy (non-hydrogen) atoms. The fourth-order valence-corrected chi connectivity index (χ4v) is 3.27. The number of hydrogen-bond acceptors (Lipinski definition) is 3. The predicted molar refractivity (Wildman–Crippen MR) is 89.0 cm³/mol. The molecule has 0 aliphatic carbocycles. The van der Waals surface area contributed by atoms with Gasteiger partial charge in [-0.05, 0) is 18.4 Å². The molecule has 1 aliphatic heterocycles. The minimum absolute atomic E-state index is 0.109. The largest absolute Gasteiger partial charge is 0.334 e. The average molecular weight is 340 g/mol. The van der Waals surface area contributed by atoms with E-state index in [9.17, 15) is 13.2 Å². The number of rotatable bonds is 5. The van der Waals surface area contributed by atoms with Crippen molar-refractivity contribution in [2.75, 3.05) is 27.2 Å². The third kappa shape index (κ3) is 5.19. The molecule has 0 radical (unpaired) electrons. The summed E-state index contributed by atoms with van der Waals surface area (Å²) in [4.78, 5) is 13.9. The van der Waals surface area contributed by atoms with Gasteiger partial charge in [0.05, 0.1) is 0 Å². The minimum atomic E-state index is -3.42. The van der Waals surface area contributed by atoms with E-state index >= 15 is 0 Å². The molecule has 2 amide bonds. The van der Waals surface area contributed by atoms with E-state index < -0.39 is 10.2 Å². The fourth-order valence-electron chi connectivity index (χ4n) is 2.40. The van der Waals surface area contributed by atoms with Crippen molar-refractivity contribution in [2.45, 2.75) is 25.4 Å². The van der Waals surface area contributed by atoms with Crippen LogP contribution in [-0.4, -0.2) is 56.9 Å². The zero-order valence-electron chi connectivity index (χ0n) is 13.5. The van der Waals surface area contributed by atoms with Crippen LogP contribution >= 0.6 is 0 Å². The predicted octanol–water partition coefficient (Wildman–Crippen LogP) is 0.757. The second kappa shape index (κ2) is 7.76. The first-order valence-corrected chi connectivity index (χ1v) is 9.09. The van der Waals surface area contributed by atoms with Crippen molar-refractivity contribution < 1.29 is 13.2 Å². The first-order valence-electron chi connectivity index (χ1n) is 7.65. The van der Waals surface area contributed by atoms with Crippen LogP contribution in [0.15, 0.2) is 30.3 Å². The molecule has 1 aliphatic rings. The van der Waals surface area contributed by atoms with Crippen LogP contribution in [0, 0.1) is 0 Å². The van der Waals surface area contributed by atoms with Gasteiger partial charge in [0, 0.05) is 39.8 Å². The summed E-state index contributed by atoms with van der Waals surface area (Å²) in [6.07, 6.45) is 1.23. The summed E-state index contributed by atoms with van der Waals surface area (Å²) in [6, 6.07) is 9.49. The molecular weight excluding hydrogens is 316 g/mol. The standard InChI is InChI=1S/C15H24N4O3S/c1-18(2)23(21,22)17-14-8-10-19(11-9-14)15(20)16-12-13-6-4-3-5-7-13/h3-7,14,17H,8-12H2,1-2H3,(H,16,20). The van der Waals surface area contributed by atoms with Crippen LogP contribution in [0.3, 0.4) is 0 Å². The number of piperidine rings is 1. The number of hydrogen-bond donors (Lipinski definition) is 2. The van der Waals surface area contributed by atoms with Crippen molar-refractivity contribution in [2.24, 2.45) is 0 Å². The lowest BCUT2D eigenvalue weighted by atomic mass is 10.1. The van der Waals surface area contributed by atoms with E-state index in [0.717, 1.165) is 9.87 Å². The van der Waals surface area contributed by atoms with Crippen LogP contribution < -0.4 is 10.0 Å². The molecule has 2 rings (SSSR count). The van der Waals surface area contributed by atoms with Gasteiger partial charge in [-0.3, -0.25) is 0 Å². The molecule has 7 nitrogen and oxygen atoms in total. The van der Waals surface area contributed by atoms with E-state index in [4.69, 9.17) is 0 Å². The number of nitrogens with zero attached hydrogens (tertiary/aromatic N) is 2. The highest BCUT2D eigenvalue weighted by atomic mass is 32.2. The Balaban J connectivity index is 1.76. The Morgan fingerprint density at radius 3 is 2.39 bits per heavy atom. The van der Waals surface area contributed by atoms with Gasteiger partial charge in [0.25, 0.3) is 10.2 Å². The summed E-state index contributed by atoms with van der Waals surface area (Å²) in [7, 11) is -0.428. The summed E-state index contributed by atoms with van der Waals surface area (Å²) in [5.74, 6) is 0. The van der Waals surface area contributed by atoms with Crippen LogP contribution in [0.25, 0.3) is 0 Å². The van der Waals surface area contributed by atoms with Gasteiger partial charge in [0.2, 0.25) is 0 Å². The van der Waals surface area contributed by atoms with E-state index in [1.165, 1.54) is 14.1 Å². The second-order valence-electron chi connectivity index (χ2n) is 5.81. The third-order valence-corrected chi connectivity index (χ3v) is 5.46. The van der Waals surface area contributed by atoms with E-state index in [0.29, 0.717) is 32.5 Å². The van der Waals surface area contributed by atoms with Gasteiger partial charge < -0.3 is 10.2 Å². The van der Waals surface area contributed by atoms with E-state index in [1.54, 1.807) is 4.90 Å². The number of benzene rings is 1. The normalized spacial score (nSPS) is 16.6. The van der Waals surface area contributed by atoms with Crippen molar-refractivity contribution in [3.8, 4) is 0 Å². The molecule has 2 N–H and O–H groups in total. The molecule has 0 unspecified atom stereocenters. The third-order valence-electron chi connectivity index (χ3n) is 3.87. The van der Waals surface area contributed by atoms with Crippen molar-refractivity contribution >= 4 is 16.2 Å². The lowest BCUT2D eigenvalue weighted by molar-refractivity contribution is 0.179.